The molecule has 0 aliphatic carbocycles. The zero-order chi connectivity index (χ0) is 30.3. The number of anilines is 1. The van der Waals surface area contributed by atoms with E-state index < -0.39 is 28.5 Å². The van der Waals surface area contributed by atoms with Gasteiger partial charge in [-0.25, -0.2) is 8.42 Å². The first-order valence-corrected chi connectivity index (χ1v) is 15.4. The van der Waals surface area contributed by atoms with E-state index in [4.69, 9.17) is 11.6 Å². The molecular formula is C33H34ClN3O4S. The van der Waals surface area contributed by atoms with Gasteiger partial charge in [-0.05, 0) is 66.4 Å². The number of hydrogen-bond acceptors (Lipinski definition) is 4. The highest BCUT2D eigenvalue weighted by Crippen LogP contribution is 2.29. The topological polar surface area (TPSA) is 86.8 Å². The molecule has 4 aromatic rings. The number of rotatable bonds is 11. The van der Waals surface area contributed by atoms with Gasteiger partial charge in [0.2, 0.25) is 11.8 Å². The Morgan fingerprint density at radius 2 is 1.45 bits per heavy atom. The summed E-state index contributed by atoms with van der Waals surface area (Å²) in [7, 11) is -2.62. The Balaban J connectivity index is 1.81. The quantitative estimate of drug-likeness (QED) is 0.244. The van der Waals surface area contributed by atoms with Crippen LogP contribution in [0.1, 0.15) is 22.3 Å². The van der Waals surface area contributed by atoms with Crippen LogP contribution in [0, 0.1) is 13.8 Å². The summed E-state index contributed by atoms with van der Waals surface area (Å²) < 4.78 is 29.3. The van der Waals surface area contributed by atoms with Crippen LogP contribution in [-0.2, 0) is 32.6 Å². The lowest BCUT2D eigenvalue weighted by molar-refractivity contribution is -0.139. The van der Waals surface area contributed by atoms with E-state index in [0.717, 1.165) is 21.0 Å². The minimum Gasteiger partial charge on any atom is -0.357 e. The summed E-state index contributed by atoms with van der Waals surface area (Å²) in [5, 5.41) is 3.23. The summed E-state index contributed by atoms with van der Waals surface area (Å²) in [4.78, 5) is 29.2. The second-order valence-corrected chi connectivity index (χ2v) is 12.4. The fourth-order valence-electron chi connectivity index (χ4n) is 4.73. The van der Waals surface area contributed by atoms with Crippen molar-refractivity contribution in [2.75, 3.05) is 17.9 Å². The summed E-state index contributed by atoms with van der Waals surface area (Å²) in [6, 6.07) is 29.0. The number of amides is 2. The van der Waals surface area contributed by atoms with Crippen LogP contribution in [0.15, 0.2) is 108 Å². The molecule has 0 fully saturated rings. The van der Waals surface area contributed by atoms with Crippen molar-refractivity contribution in [1.29, 1.82) is 0 Å². The zero-order valence-corrected chi connectivity index (χ0v) is 25.4. The largest absolute Gasteiger partial charge is 0.357 e. The molecule has 218 valence electrons. The molecule has 0 saturated heterocycles. The molecule has 2 amide bonds. The van der Waals surface area contributed by atoms with Crippen molar-refractivity contribution in [3.63, 3.8) is 0 Å². The number of nitrogens with one attached hydrogen (secondary N) is 1. The van der Waals surface area contributed by atoms with Gasteiger partial charge in [0.05, 0.1) is 10.6 Å². The van der Waals surface area contributed by atoms with Gasteiger partial charge in [-0.2, -0.15) is 0 Å². The lowest BCUT2D eigenvalue weighted by Gasteiger charge is -2.34. The molecule has 9 heteroatoms. The number of likely N-dealkylation sites (N-methyl/N-ethyl adjacent to an activating group) is 1. The lowest BCUT2D eigenvalue weighted by Crippen LogP contribution is -2.53. The van der Waals surface area contributed by atoms with Gasteiger partial charge >= 0.3 is 0 Å². The molecule has 1 N–H and O–H groups in total. The van der Waals surface area contributed by atoms with Crippen molar-refractivity contribution >= 4 is 39.1 Å². The highest BCUT2D eigenvalue weighted by Gasteiger charge is 2.34. The van der Waals surface area contributed by atoms with Crippen LogP contribution in [0.2, 0.25) is 5.02 Å². The van der Waals surface area contributed by atoms with Gasteiger partial charge < -0.3 is 10.2 Å². The van der Waals surface area contributed by atoms with Crippen LogP contribution in [0.5, 0.6) is 0 Å². The first kappa shape index (κ1) is 30.8. The molecular weight excluding hydrogens is 570 g/mol. The summed E-state index contributed by atoms with van der Waals surface area (Å²) in [6.07, 6.45) is 0.245. The van der Waals surface area contributed by atoms with Crippen LogP contribution >= 0.6 is 11.6 Å². The van der Waals surface area contributed by atoms with E-state index in [1.807, 2.05) is 49.4 Å². The van der Waals surface area contributed by atoms with E-state index >= 15 is 0 Å². The third-order valence-corrected chi connectivity index (χ3v) is 9.05. The second kappa shape index (κ2) is 13.7. The monoisotopic (exact) mass is 603 g/mol. The van der Waals surface area contributed by atoms with Crippen LogP contribution in [0.3, 0.4) is 0 Å². The molecule has 0 saturated carbocycles. The van der Waals surface area contributed by atoms with E-state index in [2.05, 4.69) is 5.32 Å². The fourth-order valence-corrected chi connectivity index (χ4v) is 6.35. The Morgan fingerprint density at radius 1 is 0.833 bits per heavy atom. The standard InChI is InChI=1S/C33H34ClN3O4S/c1-24-14-15-25(2)30(20-24)37(42(40,41)29-12-8-5-9-13-29)23-32(38)36(22-27-16-18-28(34)19-17-27)31(33(39)35-3)21-26-10-6-4-7-11-26/h4-20,31H,21-23H2,1-3H3,(H,35,39)/t31-/m1/s1. The fraction of sp³-hybridized carbons (Fsp3) is 0.212. The predicted molar refractivity (Wildman–Crippen MR) is 167 cm³/mol. The number of aryl methyl sites for hydroxylation is 2. The molecule has 0 radical (unpaired) electrons. The van der Waals surface area contributed by atoms with Gasteiger partial charge in [0.25, 0.3) is 10.0 Å². The van der Waals surface area contributed by atoms with Gasteiger partial charge in [0.15, 0.2) is 0 Å². The summed E-state index contributed by atoms with van der Waals surface area (Å²) in [6.45, 7) is 3.25. The van der Waals surface area contributed by atoms with Crippen LogP contribution < -0.4 is 9.62 Å². The molecule has 0 spiro atoms. The van der Waals surface area contributed by atoms with Crippen LogP contribution in [0.25, 0.3) is 0 Å². The molecule has 0 aliphatic rings. The number of nitrogens with zero attached hydrogens (tertiary/aromatic N) is 2. The highest BCUT2D eigenvalue weighted by atomic mass is 35.5. The minimum absolute atomic E-state index is 0.0649. The molecule has 1 atom stereocenters. The normalized spacial score (nSPS) is 11.9. The molecule has 42 heavy (non-hydrogen) atoms. The van der Waals surface area contributed by atoms with Gasteiger partial charge in [-0.15, -0.1) is 0 Å². The highest BCUT2D eigenvalue weighted by molar-refractivity contribution is 7.92. The van der Waals surface area contributed by atoms with Crippen molar-refractivity contribution in [1.82, 2.24) is 10.2 Å². The Bertz CT molecular complexity index is 1630. The van der Waals surface area contributed by atoms with Crippen molar-refractivity contribution < 1.29 is 18.0 Å². The van der Waals surface area contributed by atoms with E-state index in [1.54, 1.807) is 55.5 Å². The third kappa shape index (κ3) is 7.38. The molecule has 0 aromatic heterocycles. The van der Waals surface area contributed by atoms with E-state index in [9.17, 15) is 18.0 Å². The van der Waals surface area contributed by atoms with Gasteiger partial charge in [-0.3, -0.25) is 13.9 Å². The predicted octanol–water partition coefficient (Wildman–Crippen LogP) is 5.54. The van der Waals surface area contributed by atoms with Gasteiger partial charge in [-0.1, -0.05) is 84.4 Å². The molecule has 0 bridgehead atoms. The van der Waals surface area contributed by atoms with Crippen LogP contribution in [-0.4, -0.2) is 44.8 Å². The minimum atomic E-state index is -4.14. The molecule has 0 heterocycles. The van der Waals surface area contributed by atoms with E-state index in [1.165, 1.54) is 24.1 Å². The number of hydrogen-bond donors (Lipinski definition) is 1. The Morgan fingerprint density at radius 3 is 2.07 bits per heavy atom. The third-order valence-electron chi connectivity index (χ3n) is 7.03. The molecule has 4 aromatic carbocycles. The van der Waals surface area contributed by atoms with Crippen molar-refractivity contribution in [3.8, 4) is 0 Å². The Hall–Kier alpha value is -4.14. The summed E-state index contributed by atoms with van der Waals surface area (Å²) in [5.41, 5.74) is 3.56. The lowest BCUT2D eigenvalue weighted by atomic mass is 10.0. The molecule has 0 unspecified atom stereocenters. The zero-order valence-electron chi connectivity index (χ0n) is 23.8. The van der Waals surface area contributed by atoms with Gasteiger partial charge in [0.1, 0.15) is 12.6 Å². The number of halogens is 1. The summed E-state index contributed by atoms with van der Waals surface area (Å²) >= 11 is 6.11. The van der Waals surface area contributed by atoms with Gasteiger partial charge in [0, 0.05) is 25.0 Å². The molecule has 4 rings (SSSR count). The average molecular weight is 604 g/mol. The smallest absolute Gasteiger partial charge is 0.264 e. The maximum Gasteiger partial charge on any atom is 0.264 e. The van der Waals surface area contributed by atoms with E-state index in [-0.39, 0.29) is 23.8 Å². The first-order chi connectivity index (χ1) is 20.1. The number of carbonyl (C=O) groups is 2. The van der Waals surface area contributed by atoms with Crippen LogP contribution in [0.4, 0.5) is 5.69 Å². The first-order valence-electron chi connectivity index (χ1n) is 13.5. The number of carbonyl (C=O) groups excluding carboxylic acids is 2. The summed E-state index contributed by atoms with van der Waals surface area (Å²) in [5.74, 6) is -0.875. The number of benzene rings is 4. The van der Waals surface area contributed by atoms with Crippen molar-refractivity contribution in [2.45, 2.75) is 37.8 Å². The van der Waals surface area contributed by atoms with Crippen molar-refractivity contribution in [3.05, 3.63) is 130 Å². The maximum atomic E-state index is 14.3. The average Bonchev–Trinajstić information content (AvgIpc) is 3.00. The Kier molecular flexibility index (Phi) is 10.0. The maximum absolute atomic E-state index is 14.3. The van der Waals surface area contributed by atoms with Crippen molar-refractivity contribution in [2.24, 2.45) is 0 Å². The SMILES string of the molecule is CNC(=O)[C@@H](Cc1ccccc1)N(Cc1ccc(Cl)cc1)C(=O)CN(c1cc(C)ccc1C)S(=O)(=O)c1ccccc1. The number of sulfonamides is 1. The van der Waals surface area contributed by atoms with E-state index in [0.29, 0.717) is 16.3 Å². The molecule has 0 aliphatic heterocycles. The second-order valence-electron chi connectivity index (χ2n) is 10.1. The Labute approximate surface area is 252 Å². The molecule has 7 nitrogen and oxygen atoms in total.